The van der Waals surface area contributed by atoms with E-state index in [1.807, 2.05) is 6.07 Å². The number of nitrogens with zero attached hydrogens (tertiary/aromatic N) is 2. The molecule has 2 heterocycles. The van der Waals surface area contributed by atoms with Gasteiger partial charge >= 0.3 is 5.91 Å². The molecule has 8 nitrogen and oxygen atoms in total. The lowest BCUT2D eigenvalue weighted by Crippen LogP contribution is -2.42. The first-order chi connectivity index (χ1) is 11.6. The molecule has 0 fully saturated rings. The summed E-state index contributed by atoms with van der Waals surface area (Å²) in [7, 11) is 0. The molecule has 2 aromatic heterocycles. The van der Waals surface area contributed by atoms with E-state index in [1.54, 1.807) is 37.3 Å². The number of hydrogen-bond acceptors (Lipinski definition) is 5. The SMILES string of the molecule is Cc1ccoc1C(=O)NNC(=O)c1nn(-c2ccccc2)cc1O. The Morgan fingerprint density at radius 3 is 2.50 bits per heavy atom. The predicted octanol–water partition coefficient (Wildman–Crippen LogP) is 1.55. The number of benzene rings is 1. The van der Waals surface area contributed by atoms with Crippen LogP contribution in [0.4, 0.5) is 0 Å². The Balaban J connectivity index is 1.71. The summed E-state index contributed by atoms with van der Waals surface area (Å²) in [5.74, 6) is -1.57. The minimum absolute atomic E-state index is 0.0920. The number of nitrogens with one attached hydrogen (secondary N) is 2. The van der Waals surface area contributed by atoms with E-state index in [9.17, 15) is 14.7 Å². The number of rotatable bonds is 3. The van der Waals surface area contributed by atoms with Crippen molar-refractivity contribution < 1.29 is 19.1 Å². The molecule has 0 atom stereocenters. The molecule has 1 aromatic carbocycles. The van der Waals surface area contributed by atoms with Gasteiger partial charge in [0.2, 0.25) is 0 Å². The fourth-order valence-electron chi connectivity index (χ4n) is 2.07. The predicted molar refractivity (Wildman–Crippen MR) is 83.6 cm³/mol. The molecule has 0 saturated carbocycles. The lowest BCUT2D eigenvalue weighted by atomic mass is 10.3. The van der Waals surface area contributed by atoms with Crippen LogP contribution in [0.25, 0.3) is 5.69 Å². The molecule has 3 N–H and O–H groups in total. The number of aromatic nitrogens is 2. The number of hydrazine groups is 1. The van der Waals surface area contributed by atoms with Crippen LogP contribution in [0.3, 0.4) is 0 Å². The van der Waals surface area contributed by atoms with Gasteiger partial charge in [-0.25, -0.2) is 4.68 Å². The Morgan fingerprint density at radius 1 is 1.12 bits per heavy atom. The second-order valence-corrected chi connectivity index (χ2v) is 4.98. The topological polar surface area (TPSA) is 109 Å². The number of aryl methyl sites for hydroxylation is 1. The lowest BCUT2D eigenvalue weighted by Gasteiger charge is -2.05. The Labute approximate surface area is 136 Å². The van der Waals surface area contributed by atoms with Crippen LogP contribution in [0, 0.1) is 6.92 Å². The van der Waals surface area contributed by atoms with Crippen LogP contribution < -0.4 is 10.9 Å². The van der Waals surface area contributed by atoms with E-state index in [0.717, 1.165) is 0 Å². The summed E-state index contributed by atoms with van der Waals surface area (Å²) in [6.07, 6.45) is 2.68. The molecule has 0 bridgehead atoms. The number of hydrogen-bond donors (Lipinski definition) is 3. The molecular weight excluding hydrogens is 312 g/mol. The van der Waals surface area contributed by atoms with Crippen molar-refractivity contribution in [3.8, 4) is 11.4 Å². The van der Waals surface area contributed by atoms with Gasteiger partial charge in [0, 0.05) is 5.56 Å². The number of carbonyl (C=O) groups excluding carboxylic acids is 2. The van der Waals surface area contributed by atoms with Crippen LogP contribution in [0.5, 0.6) is 5.75 Å². The smallest absolute Gasteiger partial charge is 0.305 e. The van der Waals surface area contributed by atoms with Crippen LogP contribution in [-0.4, -0.2) is 26.7 Å². The standard InChI is InChI=1S/C16H14N4O4/c1-10-7-8-24-14(10)16(23)18-17-15(22)13-12(21)9-20(19-13)11-5-3-2-4-6-11/h2-9,21H,1H3,(H,17,22)(H,18,23). The fourth-order valence-corrected chi connectivity index (χ4v) is 2.07. The van der Waals surface area contributed by atoms with Gasteiger partial charge in [-0.15, -0.1) is 0 Å². The van der Waals surface area contributed by atoms with Crippen LogP contribution in [0.15, 0.2) is 53.3 Å². The molecule has 2 amide bonds. The zero-order valence-corrected chi connectivity index (χ0v) is 12.7. The van der Waals surface area contributed by atoms with E-state index >= 15 is 0 Å². The van der Waals surface area contributed by atoms with Crippen LogP contribution >= 0.6 is 0 Å². The average Bonchev–Trinajstić information content (AvgIpc) is 3.19. The van der Waals surface area contributed by atoms with Crippen molar-refractivity contribution >= 4 is 11.8 Å². The maximum atomic E-state index is 12.1. The van der Waals surface area contributed by atoms with Crippen molar-refractivity contribution in [1.29, 1.82) is 0 Å². The highest BCUT2D eigenvalue weighted by Crippen LogP contribution is 2.17. The van der Waals surface area contributed by atoms with Gasteiger partial charge in [-0.2, -0.15) is 5.10 Å². The molecular formula is C16H14N4O4. The zero-order valence-electron chi connectivity index (χ0n) is 12.7. The largest absolute Gasteiger partial charge is 0.504 e. The first-order valence-corrected chi connectivity index (χ1v) is 7.05. The molecule has 24 heavy (non-hydrogen) atoms. The van der Waals surface area contributed by atoms with E-state index in [-0.39, 0.29) is 17.2 Å². The van der Waals surface area contributed by atoms with Gasteiger partial charge in [-0.05, 0) is 25.1 Å². The van der Waals surface area contributed by atoms with Crippen molar-refractivity contribution in [2.45, 2.75) is 6.92 Å². The van der Waals surface area contributed by atoms with Crippen LogP contribution in [0.1, 0.15) is 26.6 Å². The van der Waals surface area contributed by atoms with Crippen molar-refractivity contribution in [1.82, 2.24) is 20.6 Å². The Kier molecular flexibility index (Phi) is 4.02. The second-order valence-electron chi connectivity index (χ2n) is 4.98. The zero-order chi connectivity index (χ0) is 17.1. The summed E-state index contributed by atoms with van der Waals surface area (Å²) in [6.45, 7) is 1.70. The van der Waals surface area contributed by atoms with Crippen molar-refractivity contribution in [3.05, 3.63) is 65.9 Å². The number of furan rings is 1. The van der Waals surface area contributed by atoms with E-state index in [4.69, 9.17) is 4.42 Å². The van der Waals surface area contributed by atoms with E-state index in [1.165, 1.54) is 17.1 Å². The van der Waals surface area contributed by atoms with E-state index in [2.05, 4.69) is 16.0 Å². The molecule has 3 rings (SSSR count). The van der Waals surface area contributed by atoms with Gasteiger partial charge in [0.15, 0.2) is 17.2 Å². The lowest BCUT2D eigenvalue weighted by molar-refractivity contribution is 0.0826. The monoisotopic (exact) mass is 326 g/mol. The minimum atomic E-state index is -0.750. The Hall–Kier alpha value is -3.55. The van der Waals surface area contributed by atoms with Crippen LogP contribution in [0.2, 0.25) is 0 Å². The van der Waals surface area contributed by atoms with Gasteiger partial charge in [-0.1, -0.05) is 18.2 Å². The van der Waals surface area contributed by atoms with Crippen molar-refractivity contribution in [2.24, 2.45) is 0 Å². The third-order valence-electron chi connectivity index (χ3n) is 3.29. The number of carbonyl (C=O) groups is 2. The summed E-state index contributed by atoms with van der Waals surface area (Å²) >= 11 is 0. The first kappa shape index (κ1) is 15.3. The summed E-state index contributed by atoms with van der Waals surface area (Å²) in [5, 5.41) is 13.9. The second kappa shape index (κ2) is 6.29. The molecule has 3 aromatic rings. The first-order valence-electron chi connectivity index (χ1n) is 7.05. The third kappa shape index (κ3) is 2.98. The maximum Gasteiger partial charge on any atom is 0.305 e. The molecule has 0 aliphatic rings. The summed E-state index contributed by atoms with van der Waals surface area (Å²) in [5.41, 5.74) is 5.50. The molecule has 0 radical (unpaired) electrons. The molecule has 0 saturated heterocycles. The molecule has 0 aliphatic carbocycles. The summed E-state index contributed by atoms with van der Waals surface area (Å²) < 4.78 is 6.38. The minimum Gasteiger partial charge on any atom is -0.504 e. The van der Waals surface area contributed by atoms with Crippen molar-refractivity contribution in [2.75, 3.05) is 0 Å². The molecule has 0 aliphatic heterocycles. The van der Waals surface area contributed by atoms with Gasteiger partial charge < -0.3 is 9.52 Å². The van der Waals surface area contributed by atoms with Gasteiger partial charge in [0.05, 0.1) is 18.1 Å². The van der Waals surface area contributed by atoms with Gasteiger partial charge in [0.1, 0.15) is 0 Å². The summed E-state index contributed by atoms with van der Waals surface area (Å²) in [4.78, 5) is 23.9. The van der Waals surface area contributed by atoms with E-state index < -0.39 is 11.8 Å². The quantitative estimate of drug-likeness (QED) is 0.633. The third-order valence-corrected chi connectivity index (χ3v) is 3.29. The summed E-state index contributed by atoms with van der Waals surface area (Å²) in [6, 6.07) is 10.6. The molecule has 0 unspecified atom stereocenters. The molecule has 0 spiro atoms. The van der Waals surface area contributed by atoms with E-state index in [0.29, 0.717) is 11.3 Å². The maximum absolute atomic E-state index is 12.1. The highest BCUT2D eigenvalue weighted by atomic mass is 16.3. The average molecular weight is 326 g/mol. The van der Waals surface area contributed by atoms with Crippen LogP contribution in [-0.2, 0) is 0 Å². The number of para-hydroxylation sites is 1. The van der Waals surface area contributed by atoms with Gasteiger partial charge in [-0.3, -0.25) is 20.4 Å². The highest BCUT2D eigenvalue weighted by molar-refractivity contribution is 5.98. The van der Waals surface area contributed by atoms with Crippen molar-refractivity contribution in [3.63, 3.8) is 0 Å². The Bertz CT molecular complexity index is 883. The number of amides is 2. The normalized spacial score (nSPS) is 10.4. The fraction of sp³-hybridized carbons (Fsp3) is 0.0625. The highest BCUT2D eigenvalue weighted by Gasteiger charge is 2.19. The number of aromatic hydroxyl groups is 1. The molecule has 122 valence electrons. The van der Waals surface area contributed by atoms with Gasteiger partial charge in [0.25, 0.3) is 5.91 Å². The molecule has 8 heteroatoms. The Morgan fingerprint density at radius 2 is 1.83 bits per heavy atom.